The highest BCUT2D eigenvalue weighted by Crippen LogP contribution is 2.26. The molecule has 1 aromatic carbocycles. The zero-order valence-corrected chi connectivity index (χ0v) is 16.3. The monoisotopic (exact) mass is 373 g/mol. The molecule has 1 saturated carbocycles. The van der Waals surface area contributed by atoms with Gasteiger partial charge in [-0.3, -0.25) is 14.4 Å². The predicted octanol–water partition coefficient (Wildman–Crippen LogP) is 3.30. The smallest absolute Gasteiger partial charge is 0.239 e. The predicted molar refractivity (Wildman–Crippen MR) is 106 cm³/mol. The normalized spacial score (nSPS) is 15.6. The number of hydrogen-bond donors (Lipinski definition) is 3. The van der Waals surface area contributed by atoms with E-state index in [0.717, 1.165) is 24.1 Å². The molecule has 1 aliphatic rings. The highest BCUT2D eigenvalue weighted by Gasteiger charge is 2.17. The maximum atomic E-state index is 12.1. The summed E-state index contributed by atoms with van der Waals surface area (Å²) in [6.07, 6.45) is 6.86. The zero-order chi connectivity index (χ0) is 19.6. The molecule has 1 aliphatic carbocycles. The first kappa shape index (κ1) is 20.9. The van der Waals surface area contributed by atoms with Gasteiger partial charge in [-0.2, -0.15) is 0 Å². The summed E-state index contributed by atoms with van der Waals surface area (Å²) in [6, 6.07) is 7.20. The Hall–Kier alpha value is -2.37. The second-order valence-corrected chi connectivity index (χ2v) is 7.30. The molecule has 1 aromatic rings. The second kappa shape index (κ2) is 10.7. The first-order valence-corrected chi connectivity index (χ1v) is 9.93. The number of rotatable bonds is 8. The SMILES string of the molecule is CCC(=O)Nc1ccc(C(C)NC(=O)CNC(=O)CC2CCCCC2)cc1. The van der Waals surface area contributed by atoms with Crippen molar-refractivity contribution in [3.63, 3.8) is 0 Å². The number of anilines is 1. The van der Waals surface area contributed by atoms with Crippen molar-refractivity contribution in [2.24, 2.45) is 5.92 Å². The molecule has 0 heterocycles. The van der Waals surface area contributed by atoms with Crippen molar-refractivity contribution in [3.05, 3.63) is 29.8 Å². The number of hydrogen-bond acceptors (Lipinski definition) is 3. The van der Waals surface area contributed by atoms with Crippen LogP contribution in [0.2, 0.25) is 0 Å². The van der Waals surface area contributed by atoms with E-state index in [0.29, 0.717) is 18.8 Å². The van der Waals surface area contributed by atoms with Crippen LogP contribution in [0.15, 0.2) is 24.3 Å². The van der Waals surface area contributed by atoms with Gasteiger partial charge in [0.25, 0.3) is 0 Å². The van der Waals surface area contributed by atoms with Crippen LogP contribution in [-0.2, 0) is 14.4 Å². The molecule has 3 N–H and O–H groups in total. The van der Waals surface area contributed by atoms with E-state index in [1.807, 2.05) is 31.2 Å². The third kappa shape index (κ3) is 7.41. The van der Waals surface area contributed by atoms with E-state index in [-0.39, 0.29) is 30.3 Å². The van der Waals surface area contributed by atoms with Crippen molar-refractivity contribution >= 4 is 23.4 Å². The van der Waals surface area contributed by atoms with E-state index in [1.54, 1.807) is 6.92 Å². The summed E-state index contributed by atoms with van der Waals surface area (Å²) in [5.74, 6) is 0.184. The average molecular weight is 373 g/mol. The van der Waals surface area contributed by atoms with Gasteiger partial charge in [-0.1, -0.05) is 38.3 Å². The molecule has 0 spiro atoms. The van der Waals surface area contributed by atoms with Crippen LogP contribution in [0.4, 0.5) is 5.69 Å². The Kier molecular flexibility index (Phi) is 8.30. The van der Waals surface area contributed by atoms with Crippen molar-refractivity contribution in [1.82, 2.24) is 10.6 Å². The van der Waals surface area contributed by atoms with Gasteiger partial charge in [-0.15, -0.1) is 0 Å². The van der Waals surface area contributed by atoms with Crippen molar-refractivity contribution in [2.75, 3.05) is 11.9 Å². The molecule has 1 unspecified atom stereocenters. The highest BCUT2D eigenvalue weighted by molar-refractivity contribution is 5.90. The fraction of sp³-hybridized carbons (Fsp3) is 0.571. The summed E-state index contributed by atoms with van der Waals surface area (Å²) >= 11 is 0. The van der Waals surface area contributed by atoms with Crippen LogP contribution in [0, 0.1) is 5.92 Å². The van der Waals surface area contributed by atoms with Crippen molar-refractivity contribution in [2.45, 2.75) is 64.8 Å². The van der Waals surface area contributed by atoms with Gasteiger partial charge in [-0.25, -0.2) is 0 Å². The standard InChI is InChI=1S/C21H31N3O3/c1-3-19(25)24-18-11-9-17(10-12-18)15(2)23-21(27)14-22-20(26)13-16-7-5-4-6-8-16/h9-12,15-16H,3-8,13-14H2,1-2H3,(H,22,26)(H,23,27)(H,24,25). The first-order valence-electron chi connectivity index (χ1n) is 9.93. The van der Waals surface area contributed by atoms with E-state index in [9.17, 15) is 14.4 Å². The fourth-order valence-corrected chi connectivity index (χ4v) is 3.38. The largest absolute Gasteiger partial charge is 0.348 e. The van der Waals surface area contributed by atoms with Gasteiger partial charge < -0.3 is 16.0 Å². The molecule has 0 aliphatic heterocycles. The Morgan fingerprint density at radius 2 is 1.67 bits per heavy atom. The maximum absolute atomic E-state index is 12.1. The van der Waals surface area contributed by atoms with Gasteiger partial charge in [0.15, 0.2) is 0 Å². The average Bonchev–Trinajstić information content (AvgIpc) is 2.67. The van der Waals surface area contributed by atoms with Crippen molar-refractivity contribution < 1.29 is 14.4 Å². The number of carbonyl (C=O) groups excluding carboxylic acids is 3. The molecular weight excluding hydrogens is 342 g/mol. The summed E-state index contributed by atoms with van der Waals surface area (Å²) in [5, 5.41) is 8.40. The molecule has 2 rings (SSSR count). The van der Waals surface area contributed by atoms with Crippen molar-refractivity contribution in [1.29, 1.82) is 0 Å². The minimum absolute atomic E-state index is 0.000530. The Morgan fingerprint density at radius 1 is 1.00 bits per heavy atom. The number of nitrogens with one attached hydrogen (secondary N) is 3. The molecule has 0 aromatic heterocycles. The molecule has 1 fully saturated rings. The Morgan fingerprint density at radius 3 is 2.30 bits per heavy atom. The first-order chi connectivity index (χ1) is 13.0. The molecule has 0 bridgehead atoms. The molecule has 27 heavy (non-hydrogen) atoms. The lowest BCUT2D eigenvalue weighted by atomic mass is 9.87. The van der Waals surface area contributed by atoms with E-state index < -0.39 is 0 Å². The molecule has 1 atom stereocenters. The lowest BCUT2D eigenvalue weighted by Crippen LogP contribution is -2.38. The van der Waals surface area contributed by atoms with Crippen LogP contribution < -0.4 is 16.0 Å². The van der Waals surface area contributed by atoms with Crippen LogP contribution >= 0.6 is 0 Å². The van der Waals surface area contributed by atoms with Crippen molar-refractivity contribution in [3.8, 4) is 0 Å². The third-order valence-corrected chi connectivity index (χ3v) is 5.04. The minimum Gasteiger partial charge on any atom is -0.348 e. The van der Waals surface area contributed by atoms with Gasteiger partial charge in [0.05, 0.1) is 12.6 Å². The summed E-state index contributed by atoms with van der Waals surface area (Å²) < 4.78 is 0. The van der Waals surface area contributed by atoms with Crippen LogP contribution in [-0.4, -0.2) is 24.3 Å². The molecule has 6 nitrogen and oxygen atoms in total. The summed E-state index contributed by atoms with van der Waals surface area (Å²) in [7, 11) is 0. The Bertz CT molecular complexity index is 637. The van der Waals surface area contributed by atoms with Crippen LogP contribution in [0.5, 0.6) is 0 Å². The third-order valence-electron chi connectivity index (χ3n) is 5.04. The minimum atomic E-state index is -0.206. The highest BCUT2D eigenvalue weighted by atomic mass is 16.2. The molecule has 0 saturated heterocycles. The Labute approximate surface area is 161 Å². The number of carbonyl (C=O) groups is 3. The van der Waals surface area contributed by atoms with Gasteiger partial charge >= 0.3 is 0 Å². The quantitative estimate of drug-likeness (QED) is 0.653. The summed E-state index contributed by atoms with van der Waals surface area (Å²) in [5.41, 5.74) is 1.67. The second-order valence-electron chi connectivity index (χ2n) is 7.30. The summed E-state index contributed by atoms with van der Waals surface area (Å²) in [4.78, 5) is 35.5. The molecular formula is C21H31N3O3. The van der Waals surface area contributed by atoms with Gasteiger partial charge in [-0.05, 0) is 43.4 Å². The molecule has 148 valence electrons. The van der Waals surface area contributed by atoms with Crippen LogP contribution in [0.3, 0.4) is 0 Å². The number of amides is 3. The molecule has 3 amide bonds. The fourth-order valence-electron chi connectivity index (χ4n) is 3.38. The van der Waals surface area contributed by atoms with E-state index >= 15 is 0 Å². The molecule has 0 radical (unpaired) electrons. The zero-order valence-electron chi connectivity index (χ0n) is 16.3. The van der Waals surface area contributed by atoms with E-state index in [4.69, 9.17) is 0 Å². The topological polar surface area (TPSA) is 87.3 Å². The lowest BCUT2D eigenvalue weighted by molar-refractivity contribution is -0.127. The van der Waals surface area contributed by atoms with Gasteiger partial charge in [0, 0.05) is 18.5 Å². The van der Waals surface area contributed by atoms with E-state index in [1.165, 1.54) is 19.3 Å². The lowest BCUT2D eigenvalue weighted by Gasteiger charge is -2.21. The van der Waals surface area contributed by atoms with Crippen LogP contribution in [0.25, 0.3) is 0 Å². The van der Waals surface area contributed by atoms with Gasteiger partial charge in [0.2, 0.25) is 17.7 Å². The van der Waals surface area contributed by atoms with Crippen LogP contribution in [0.1, 0.15) is 70.4 Å². The van der Waals surface area contributed by atoms with E-state index in [2.05, 4.69) is 16.0 Å². The maximum Gasteiger partial charge on any atom is 0.239 e. The summed E-state index contributed by atoms with van der Waals surface area (Å²) in [6.45, 7) is 3.69. The van der Waals surface area contributed by atoms with Gasteiger partial charge in [0.1, 0.15) is 0 Å². The Balaban J connectivity index is 1.72. The molecule has 6 heteroatoms. The number of benzene rings is 1.